The van der Waals surface area contributed by atoms with Crippen molar-refractivity contribution in [2.75, 3.05) is 6.61 Å². The largest absolute Gasteiger partial charge is 0.477 e. The summed E-state index contributed by atoms with van der Waals surface area (Å²) < 4.78 is 5.09. The van der Waals surface area contributed by atoms with Crippen LogP contribution in [0.4, 0.5) is 0 Å². The number of hydrogen-bond acceptors (Lipinski definition) is 6. The molecule has 0 atom stereocenters. The second kappa shape index (κ2) is 8.55. The first-order chi connectivity index (χ1) is 12.9. The molecule has 6 nitrogen and oxygen atoms in total. The third-order valence-corrected chi connectivity index (χ3v) is 9.81. The van der Waals surface area contributed by atoms with E-state index in [1.54, 1.807) is 25.1 Å². The van der Waals surface area contributed by atoms with Crippen LogP contribution in [0.1, 0.15) is 53.0 Å². The average Bonchev–Trinajstić information content (AvgIpc) is 3.09. The minimum absolute atomic E-state index is 0.206. The predicted molar refractivity (Wildman–Crippen MR) is 113 cm³/mol. The maximum atomic E-state index is 12.2. The molecule has 0 bridgehead atoms. The maximum Gasteiger partial charge on any atom is 0.356 e. The number of ether oxygens (including phenoxy) is 1. The summed E-state index contributed by atoms with van der Waals surface area (Å²) in [5, 5.41) is 8.95. The van der Waals surface area contributed by atoms with Crippen LogP contribution in [0.25, 0.3) is 10.4 Å². The van der Waals surface area contributed by atoms with Crippen LogP contribution in [0.2, 0.25) is 18.1 Å². The number of carboxylic acid groups (broad SMARTS) is 1. The van der Waals surface area contributed by atoms with Crippen LogP contribution in [-0.2, 0) is 11.2 Å². The molecule has 0 saturated carbocycles. The number of aromatic carboxylic acids is 1. The normalized spacial score (nSPS) is 12.1. The van der Waals surface area contributed by atoms with Gasteiger partial charge in [-0.25, -0.2) is 14.6 Å². The Morgan fingerprint density at radius 1 is 1.25 bits per heavy atom. The van der Waals surface area contributed by atoms with Gasteiger partial charge in [-0.2, -0.15) is 0 Å². The third kappa shape index (κ3) is 5.27. The molecule has 28 heavy (non-hydrogen) atoms. The highest BCUT2D eigenvalue weighted by Crippen LogP contribution is 2.40. The van der Waals surface area contributed by atoms with Crippen LogP contribution in [0.15, 0.2) is 24.3 Å². The van der Waals surface area contributed by atoms with Crippen molar-refractivity contribution in [1.29, 1.82) is 0 Å². The highest BCUT2D eigenvalue weighted by molar-refractivity contribution is 7.17. The molecule has 0 amide bonds. The van der Waals surface area contributed by atoms with Crippen molar-refractivity contribution in [2.24, 2.45) is 0 Å². The molecule has 0 aliphatic rings. The van der Waals surface area contributed by atoms with Gasteiger partial charge in [0.2, 0.25) is 0 Å². The Hall–Kier alpha value is -2.03. The first-order valence-electron chi connectivity index (χ1n) is 9.18. The molecule has 0 aliphatic carbocycles. The van der Waals surface area contributed by atoms with E-state index in [2.05, 4.69) is 4.98 Å². The standard InChI is InChI=1S/C20H27NO5SSi/c1-6-26-19(24)15-12-13(16-7-8-17(27-16)18(22)23)11-14(21-15)9-10-20(2,3)28(4,5)25/h7-8,11-12,25H,6,9-10H2,1-5H3,(H,22,23). The zero-order chi connectivity index (χ0) is 21.1. The number of carbonyl (C=O) groups is 2. The topological polar surface area (TPSA) is 96.7 Å². The Bertz CT molecular complexity index is 870. The summed E-state index contributed by atoms with van der Waals surface area (Å²) in [4.78, 5) is 39.4. The van der Waals surface area contributed by atoms with Gasteiger partial charge < -0.3 is 14.6 Å². The van der Waals surface area contributed by atoms with Crippen LogP contribution in [0.5, 0.6) is 0 Å². The monoisotopic (exact) mass is 421 g/mol. The molecule has 0 unspecified atom stereocenters. The number of carboxylic acids is 1. The second-order valence-corrected chi connectivity index (χ2v) is 13.4. The number of rotatable bonds is 8. The molecule has 2 aromatic rings. The molecular weight excluding hydrogens is 394 g/mol. The van der Waals surface area contributed by atoms with E-state index in [1.165, 1.54) is 0 Å². The fraction of sp³-hybridized carbons (Fsp3) is 0.450. The fourth-order valence-corrected chi connectivity index (χ4v) is 4.09. The number of thiophene rings is 1. The fourth-order valence-electron chi connectivity index (χ4n) is 2.52. The van der Waals surface area contributed by atoms with Gasteiger partial charge in [0.15, 0.2) is 8.32 Å². The number of pyridine rings is 1. The number of hydrogen-bond donors (Lipinski definition) is 2. The van der Waals surface area contributed by atoms with Gasteiger partial charge in [0, 0.05) is 10.6 Å². The highest BCUT2D eigenvalue weighted by Gasteiger charge is 2.37. The van der Waals surface area contributed by atoms with Gasteiger partial charge in [-0.15, -0.1) is 11.3 Å². The lowest BCUT2D eigenvalue weighted by molar-refractivity contribution is 0.0518. The summed E-state index contributed by atoms with van der Waals surface area (Å²) in [5.41, 5.74) is 1.67. The van der Waals surface area contributed by atoms with Crippen molar-refractivity contribution in [3.8, 4) is 10.4 Å². The number of aryl methyl sites for hydroxylation is 1. The number of esters is 1. The van der Waals surface area contributed by atoms with Crippen molar-refractivity contribution >= 4 is 31.6 Å². The highest BCUT2D eigenvalue weighted by atomic mass is 32.1. The summed E-state index contributed by atoms with van der Waals surface area (Å²) in [7, 11) is -2.36. The summed E-state index contributed by atoms with van der Waals surface area (Å²) in [6.45, 7) is 9.92. The lowest BCUT2D eigenvalue weighted by atomic mass is 10.0. The van der Waals surface area contributed by atoms with Crippen molar-refractivity contribution in [1.82, 2.24) is 4.98 Å². The zero-order valence-corrected chi connectivity index (χ0v) is 18.7. The van der Waals surface area contributed by atoms with Gasteiger partial charge in [0.1, 0.15) is 10.6 Å². The predicted octanol–water partition coefficient (Wildman–Crippen LogP) is 4.60. The van der Waals surface area contributed by atoms with Gasteiger partial charge in [-0.3, -0.25) is 0 Å². The van der Waals surface area contributed by atoms with E-state index < -0.39 is 20.3 Å². The molecule has 0 aliphatic heterocycles. The van der Waals surface area contributed by atoms with Crippen molar-refractivity contribution in [2.45, 2.75) is 51.7 Å². The molecule has 152 valence electrons. The first-order valence-corrected chi connectivity index (χ1v) is 12.9. The SMILES string of the molecule is CCOC(=O)c1cc(-c2ccc(C(=O)O)s2)cc(CCC(C)(C)[Si](C)(C)O)n1. The molecule has 2 heterocycles. The van der Waals surface area contributed by atoms with Gasteiger partial charge in [-0.05, 0) is 67.7 Å². The Morgan fingerprint density at radius 3 is 2.46 bits per heavy atom. The van der Waals surface area contributed by atoms with E-state index in [4.69, 9.17) is 9.84 Å². The van der Waals surface area contributed by atoms with Gasteiger partial charge >= 0.3 is 11.9 Å². The van der Waals surface area contributed by atoms with Crippen LogP contribution < -0.4 is 0 Å². The van der Waals surface area contributed by atoms with Crippen LogP contribution >= 0.6 is 11.3 Å². The van der Waals surface area contributed by atoms with Gasteiger partial charge in [0.05, 0.1) is 6.61 Å². The smallest absolute Gasteiger partial charge is 0.356 e. The molecule has 2 rings (SSSR count). The van der Waals surface area contributed by atoms with Crippen LogP contribution in [-0.4, -0.2) is 41.7 Å². The van der Waals surface area contributed by atoms with Gasteiger partial charge in [0.25, 0.3) is 0 Å². The summed E-state index contributed by atoms with van der Waals surface area (Å²) >= 11 is 1.15. The average molecular weight is 422 g/mol. The zero-order valence-electron chi connectivity index (χ0n) is 16.9. The number of carbonyl (C=O) groups excluding carboxylic acids is 1. The molecule has 8 heteroatoms. The summed E-state index contributed by atoms with van der Waals surface area (Å²) in [6, 6.07) is 6.79. The Labute approximate surface area is 170 Å². The lowest BCUT2D eigenvalue weighted by Gasteiger charge is -2.35. The van der Waals surface area contributed by atoms with E-state index in [9.17, 15) is 14.4 Å². The van der Waals surface area contributed by atoms with E-state index >= 15 is 0 Å². The maximum absolute atomic E-state index is 12.2. The first kappa shape index (κ1) is 22.3. The van der Waals surface area contributed by atoms with E-state index in [0.717, 1.165) is 33.9 Å². The summed E-state index contributed by atoms with van der Waals surface area (Å²) in [5.74, 6) is -1.48. The molecule has 0 radical (unpaired) electrons. The number of aromatic nitrogens is 1. The lowest BCUT2D eigenvalue weighted by Crippen LogP contribution is -2.39. The van der Waals surface area contributed by atoms with Gasteiger partial charge in [-0.1, -0.05) is 13.8 Å². The van der Waals surface area contributed by atoms with Crippen LogP contribution in [0, 0.1) is 0 Å². The quantitative estimate of drug-likeness (QED) is 0.478. The Kier molecular flexibility index (Phi) is 6.79. The molecule has 0 aromatic carbocycles. The van der Waals surface area contributed by atoms with Crippen LogP contribution in [0.3, 0.4) is 0 Å². The second-order valence-electron chi connectivity index (χ2n) is 7.86. The Morgan fingerprint density at radius 2 is 1.93 bits per heavy atom. The molecule has 2 aromatic heterocycles. The molecule has 0 spiro atoms. The van der Waals surface area contributed by atoms with Crippen molar-refractivity contribution < 1.29 is 24.2 Å². The van der Waals surface area contributed by atoms with E-state index in [1.807, 2.05) is 33.0 Å². The van der Waals surface area contributed by atoms with E-state index in [-0.39, 0.29) is 22.2 Å². The van der Waals surface area contributed by atoms with Crippen molar-refractivity contribution in [3.63, 3.8) is 0 Å². The number of nitrogens with zero attached hydrogens (tertiary/aromatic N) is 1. The molecular formula is C20H27NO5SSi. The minimum atomic E-state index is -2.36. The molecule has 2 N–H and O–H groups in total. The summed E-state index contributed by atoms with van der Waals surface area (Å²) in [6.07, 6.45) is 1.33. The minimum Gasteiger partial charge on any atom is -0.477 e. The third-order valence-electron chi connectivity index (χ3n) is 5.13. The van der Waals surface area contributed by atoms with Crippen molar-refractivity contribution in [3.05, 3.63) is 40.5 Å². The molecule has 0 saturated heterocycles. The van der Waals surface area contributed by atoms with E-state index in [0.29, 0.717) is 6.42 Å². The Balaban J connectivity index is 2.40. The molecule has 0 fully saturated rings.